The Hall–Kier alpha value is -0.240. The Labute approximate surface area is 113 Å². The molecule has 0 bridgehead atoms. The van der Waals surface area contributed by atoms with Gasteiger partial charge in [-0.15, -0.1) is 11.6 Å². The van der Waals surface area contributed by atoms with E-state index >= 15 is 0 Å². The molecule has 3 unspecified atom stereocenters. The Kier molecular flexibility index (Phi) is 4.02. The molecule has 3 heteroatoms. The first-order valence-corrected chi connectivity index (χ1v) is 6.86. The summed E-state index contributed by atoms with van der Waals surface area (Å²) in [5.74, 6) is 0. The molecule has 17 heavy (non-hydrogen) atoms. The van der Waals surface area contributed by atoms with E-state index in [1.165, 1.54) is 11.1 Å². The fraction of sp³-hybridized carbons (Fsp3) is 0.571. The maximum absolute atomic E-state index is 6.50. The molecule has 1 nitrogen and oxygen atoms in total. The smallest absolute Gasteiger partial charge is 0.0861 e. The van der Waals surface area contributed by atoms with E-state index in [9.17, 15) is 0 Å². The van der Waals surface area contributed by atoms with Gasteiger partial charge >= 0.3 is 0 Å². The predicted molar refractivity (Wildman–Crippen MR) is 73.1 cm³/mol. The van der Waals surface area contributed by atoms with Crippen LogP contribution in [0.25, 0.3) is 0 Å². The van der Waals surface area contributed by atoms with Gasteiger partial charge in [0.25, 0.3) is 0 Å². The van der Waals surface area contributed by atoms with Gasteiger partial charge in [0.05, 0.1) is 17.6 Å². The zero-order chi connectivity index (χ0) is 12.6. The van der Waals surface area contributed by atoms with E-state index in [1.807, 2.05) is 6.07 Å². The summed E-state index contributed by atoms with van der Waals surface area (Å²) in [6.07, 6.45) is 2.49. The van der Waals surface area contributed by atoms with Crippen LogP contribution < -0.4 is 0 Å². The van der Waals surface area contributed by atoms with Crippen molar-refractivity contribution in [2.75, 3.05) is 0 Å². The summed E-state index contributed by atoms with van der Waals surface area (Å²) in [6, 6.07) is 4.07. The van der Waals surface area contributed by atoms with Crippen LogP contribution in [0.4, 0.5) is 0 Å². The molecule has 3 atom stereocenters. The van der Waals surface area contributed by atoms with Gasteiger partial charge in [-0.05, 0) is 56.4 Å². The van der Waals surface area contributed by atoms with Crippen LogP contribution in [0, 0.1) is 13.8 Å². The van der Waals surface area contributed by atoms with Crippen LogP contribution in [0.1, 0.15) is 41.8 Å². The molecular formula is C14H18Cl2O. The lowest BCUT2D eigenvalue weighted by atomic mass is 10.00. The van der Waals surface area contributed by atoms with Crippen molar-refractivity contribution in [2.24, 2.45) is 0 Å². The average Bonchev–Trinajstić information content (AvgIpc) is 2.69. The summed E-state index contributed by atoms with van der Waals surface area (Å²) in [7, 11) is 0. The van der Waals surface area contributed by atoms with Gasteiger partial charge in [-0.25, -0.2) is 0 Å². The fourth-order valence-electron chi connectivity index (χ4n) is 2.26. The van der Waals surface area contributed by atoms with E-state index in [2.05, 4.69) is 26.8 Å². The lowest BCUT2D eigenvalue weighted by Gasteiger charge is -2.20. The van der Waals surface area contributed by atoms with Crippen LogP contribution in [0.2, 0.25) is 5.02 Å². The largest absolute Gasteiger partial charge is 0.373 e. The number of halogens is 2. The molecule has 0 amide bonds. The molecule has 0 spiro atoms. The van der Waals surface area contributed by atoms with Crippen LogP contribution in [-0.2, 0) is 4.74 Å². The summed E-state index contributed by atoms with van der Waals surface area (Å²) < 4.78 is 5.81. The molecule has 1 aromatic rings. The maximum atomic E-state index is 6.50. The van der Waals surface area contributed by atoms with E-state index in [0.29, 0.717) is 6.10 Å². The molecule has 1 aromatic carbocycles. The molecule has 0 N–H and O–H groups in total. The van der Waals surface area contributed by atoms with Crippen molar-refractivity contribution in [1.82, 2.24) is 0 Å². The summed E-state index contributed by atoms with van der Waals surface area (Å²) in [5.41, 5.74) is 3.42. The summed E-state index contributed by atoms with van der Waals surface area (Å²) >= 11 is 12.8. The minimum Gasteiger partial charge on any atom is -0.373 e. The quantitative estimate of drug-likeness (QED) is 0.703. The van der Waals surface area contributed by atoms with Crippen molar-refractivity contribution in [3.63, 3.8) is 0 Å². The number of hydrogen-bond donors (Lipinski definition) is 0. The zero-order valence-corrected chi connectivity index (χ0v) is 12.0. The van der Waals surface area contributed by atoms with Crippen molar-refractivity contribution >= 4 is 23.2 Å². The van der Waals surface area contributed by atoms with Crippen LogP contribution in [-0.4, -0.2) is 12.2 Å². The summed E-state index contributed by atoms with van der Waals surface area (Å²) in [5, 5.41) is 0.600. The summed E-state index contributed by atoms with van der Waals surface area (Å²) in [4.78, 5) is 0. The van der Waals surface area contributed by atoms with E-state index in [4.69, 9.17) is 27.9 Å². The normalized spacial score (nSPS) is 26.2. The first-order chi connectivity index (χ1) is 7.99. The Balaban J connectivity index is 2.24. The average molecular weight is 273 g/mol. The lowest BCUT2D eigenvalue weighted by molar-refractivity contribution is 0.0533. The van der Waals surface area contributed by atoms with Crippen molar-refractivity contribution in [3.05, 3.63) is 33.8 Å². The highest BCUT2D eigenvalue weighted by Gasteiger charge is 2.30. The van der Waals surface area contributed by atoms with Gasteiger partial charge in [0.2, 0.25) is 0 Å². The molecule has 94 valence electrons. The molecule has 1 aliphatic heterocycles. The Morgan fingerprint density at radius 1 is 1.24 bits per heavy atom. The van der Waals surface area contributed by atoms with Gasteiger partial charge in [0.15, 0.2) is 0 Å². The van der Waals surface area contributed by atoms with E-state index < -0.39 is 0 Å². The van der Waals surface area contributed by atoms with Crippen molar-refractivity contribution in [3.8, 4) is 0 Å². The second kappa shape index (κ2) is 5.17. The van der Waals surface area contributed by atoms with E-state index in [1.54, 1.807) is 0 Å². The van der Waals surface area contributed by atoms with Crippen LogP contribution in [0.5, 0.6) is 0 Å². The molecule has 0 aromatic heterocycles. The molecule has 1 heterocycles. The Morgan fingerprint density at radius 3 is 2.47 bits per heavy atom. The standard InChI is InChI=1S/C14H18Cl2O/c1-8-6-11(12(15)7-9(8)2)14(16)13-5-4-10(3)17-13/h6-7,10,13-14H,4-5H2,1-3H3. The van der Waals surface area contributed by atoms with E-state index in [-0.39, 0.29) is 11.5 Å². The highest BCUT2D eigenvalue weighted by Crippen LogP contribution is 2.38. The molecule has 1 saturated heterocycles. The molecule has 0 saturated carbocycles. The van der Waals surface area contributed by atoms with Gasteiger partial charge in [0, 0.05) is 5.02 Å². The number of benzene rings is 1. The second-order valence-corrected chi connectivity index (χ2v) is 5.80. The van der Waals surface area contributed by atoms with Gasteiger partial charge < -0.3 is 4.74 Å². The molecule has 1 aliphatic rings. The van der Waals surface area contributed by atoms with Gasteiger partial charge in [0.1, 0.15) is 0 Å². The number of rotatable bonds is 2. The van der Waals surface area contributed by atoms with Crippen molar-refractivity contribution in [2.45, 2.75) is 51.2 Å². The third kappa shape index (κ3) is 2.78. The third-order valence-corrected chi connectivity index (χ3v) is 4.34. The SMILES string of the molecule is Cc1cc(Cl)c(C(Cl)C2CCC(C)O2)cc1C. The fourth-order valence-corrected chi connectivity index (χ4v) is 3.02. The zero-order valence-electron chi connectivity index (χ0n) is 10.5. The number of ether oxygens (including phenoxy) is 1. The van der Waals surface area contributed by atoms with Crippen LogP contribution >= 0.6 is 23.2 Å². The van der Waals surface area contributed by atoms with Gasteiger partial charge in [-0.3, -0.25) is 0 Å². The van der Waals surface area contributed by atoms with E-state index in [0.717, 1.165) is 23.4 Å². The maximum Gasteiger partial charge on any atom is 0.0861 e. The summed E-state index contributed by atoms with van der Waals surface area (Å²) in [6.45, 7) is 6.23. The van der Waals surface area contributed by atoms with Crippen molar-refractivity contribution in [1.29, 1.82) is 0 Å². The molecule has 0 radical (unpaired) electrons. The first kappa shape index (κ1) is 13.2. The number of hydrogen-bond acceptors (Lipinski definition) is 1. The van der Waals surface area contributed by atoms with Gasteiger partial charge in [-0.2, -0.15) is 0 Å². The van der Waals surface area contributed by atoms with Crippen LogP contribution in [0.3, 0.4) is 0 Å². The Morgan fingerprint density at radius 2 is 1.88 bits per heavy atom. The highest BCUT2D eigenvalue weighted by atomic mass is 35.5. The first-order valence-electron chi connectivity index (χ1n) is 6.05. The predicted octanol–water partition coefficient (Wildman–Crippen LogP) is 4.80. The molecular weight excluding hydrogens is 255 g/mol. The van der Waals surface area contributed by atoms with Crippen LogP contribution in [0.15, 0.2) is 12.1 Å². The molecule has 1 fully saturated rings. The monoisotopic (exact) mass is 272 g/mol. The minimum atomic E-state index is -0.147. The van der Waals surface area contributed by atoms with Gasteiger partial charge in [-0.1, -0.05) is 17.7 Å². The minimum absolute atomic E-state index is 0.0891. The molecule has 2 rings (SSSR count). The third-order valence-electron chi connectivity index (χ3n) is 3.50. The number of aryl methyl sites for hydroxylation is 2. The second-order valence-electron chi connectivity index (χ2n) is 4.92. The highest BCUT2D eigenvalue weighted by molar-refractivity contribution is 6.33. The van der Waals surface area contributed by atoms with Crippen molar-refractivity contribution < 1.29 is 4.74 Å². The lowest BCUT2D eigenvalue weighted by Crippen LogP contribution is -2.15. The Bertz CT molecular complexity index is 417. The molecule has 0 aliphatic carbocycles. The topological polar surface area (TPSA) is 9.23 Å². The number of alkyl halides is 1.